The molecule has 1 saturated heterocycles. The fourth-order valence-electron chi connectivity index (χ4n) is 3.55. The standard InChI is InChI=1S/C21H27N3O4S2/c1-16-6-8-17(9-7-16)13-22-20(26)21(2)15-23(30(3,27)28)14-19(25)24(21)11-10-18-5-4-12-29-18/h4-9,12H,10-11,13-15H2,1-3H3,(H,22,26). The molecule has 0 saturated carbocycles. The van der Waals surface area contributed by atoms with Gasteiger partial charge >= 0.3 is 0 Å². The molecule has 7 nitrogen and oxygen atoms in total. The van der Waals surface area contributed by atoms with Gasteiger partial charge in [0, 0.05) is 24.5 Å². The van der Waals surface area contributed by atoms with Gasteiger partial charge < -0.3 is 10.2 Å². The number of aryl methyl sites for hydroxylation is 1. The van der Waals surface area contributed by atoms with E-state index in [2.05, 4.69) is 5.32 Å². The fraction of sp³-hybridized carbons (Fsp3) is 0.429. The zero-order valence-corrected chi connectivity index (χ0v) is 19.1. The molecule has 162 valence electrons. The molecule has 1 aliphatic rings. The first-order valence-electron chi connectivity index (χ1n) is 9.71. The quantitative estimate of drug-likeness (QED) is 0.698. The van der Waals surface area contributed by atoms with E-state index >= 15 is 0 Å². The van der Waals surface area contributed by atoms with Crippen molar-refractivity contribution in [2.45, 2.75) is 32.4 Å². The summed E-state index contributed by atoms with van der Waals surface area (Å²) in [7, 11) is -3.61. The molecule has 9 heteroatoms. The maximum Gasteiger partial charge on any atom is 0.247 e. The van der Waals surface area contributed by atoms with Gasteiger partial charge in [-0.05, 0) is 37.3 Å². The average Bonchev–Trinajstić information content (AvgIpc) is 3.19. The van der Waals surface area contributed by atoms with E-state index < -0.39 is 15.6 Å². The first kappa shape index (κ1) is 22.5. The summed E-state index contributed by atoms with van der Waals surface area (Å²) in [4.78, 5) is 28.7. The van der Waals surface area contributed by atoms with Crippen LogP contribution in [0.3, 0.4) is 0 Å². The molecule has 0 radical (unpaired) electrons. The molecule has 1 fully saturated rings. The molecule has 0 spiro atoms. The Hall–Kier alpha value is -2.23. The molecule has 2 amide bonds. The summed E-state index contributed by atoms with van der Waals surface area (Å²) >= 11 is 1.59. The van der Waals surface area contributed by atoms with Gasteiger partial charge in [-0.15, -0.1) is 11.3 Å². The van der Waals surface area contributed by atoms with Gasteiger partial charge in [0.05, 0.1) is 12.8 Å². The second kappa shape index (κ2) is 8.87. The number of piperazine rings is 1. The van der Waals surface area contributed by atoms with E-state index in [0.717, 1.165) is 26.6 Å². The molecular formula is C21H27N3O4S2. The lowest BCUT2D eigenvalue weighted by Gasteiger charge is -2.46. The van der Waals surface area contributed by atoms with Crippen molar-refractivity contribution in [3.05, 3.63) is 57.8 Å². The van der Waals surface area contributed by atoms with Crippen LogP contribution in [-0.2, 0) is 32.6 Å². The molecule has 30 heavy (non-hydrogen) atoms. The molecule has 0 bridgehead atoms. The second-order valence-corrected chi connectivity index (χ2v) is 10.9. The number of thiophene rings is 1. The molecule has 1 unspecified atom stereocenters. The van der Waals surface area contributed by atoms with Crippen molar-refractivity contribution >= 4 is 33.2 Å². The van der Waals surface area contributed by atoms with Crippen molar-refractivity contribution in [2.24, 2.45) is 0 Å². The molecule has 0 aliphatic carbocycles. The Balaban J connectivity index is 1.80. The summed E-state index contributed by atoms with van der Waals surface area (Å²) in [6.07, 6.45) is 1.68. The number of nitrogens with zero attached hydrogens (tertiary/aromatic N) is 2. The molecule has 3 rings (SSSR count). The fourth-order valence-corrected chi connectivity index (χ4v) is 5.08. The summed E-state index contributed by atoms with van der Waals surface area (Å²) in [5, 5.41) is 4.86. The maximum absolute atomic E-state index is 13.2. The molecule has 1 aromatic carbocycles. The Morgan fingerprint density at radius 1 is 1.23 bits per heavy atom. The number of carbonyl (C=O) groups excluding carboxylic acids is 2. The third-order valence-electron chi connectivity index (χ3n) is 5.39. The van der Waals surface area contributed by atoms with Crippen LogP contribution in [0.1, 0.15) is 22.9 Å². The van der Waals surface area contributed by atoms with Crippen LogP contribution in [0.5, 0.6) is 0 Å². The van der Waals surface area contributed by atoms with Gasteiger partial charge in [0.2, 0.25) is 21.8 Å². The number of amides is 2. The monoisotopic (exact) mass is 449 g/mol. The Kier molecular flexibility index (Phi) is 6.64. The Morgan fingerprint density at radius 2 is 1.93 bits per heavy atom. The topological polar surface area (TPSA) is 86.8 Å². The minimum atomic E-state index is -3.61. The average molecular weight is 450 g/mol. The highest BCUT2D eigenvalue weighted by molar-refractivity contribution is 7.88. The highest BCUT2D eigenvalue weighted by Gasteiger charge is 2.49. The molecule has 2 aromatic rings. The Morgan fingerprint density at radius 3 is 2.53 bits per heavy atom. The first-order chi connectivity index (χ1) is 14.1. The van der Waals surface area contributed by atoms with Crippen molar-refractivity contribution in [1.82, 2.24) is 14.5 Å². The number of nitrogens with one attached hydrogen (secondary N) is 1. The predicted molar refractivity (Wildman–Crippen MR) is 118 cm³/mol. The molecule has 2 heterocycles. The minimum Gasteiger partial charge on any atom is -0.350 e. The van der Waals surface area contributed by atoms with E-state index in [4.69, 9.17) is 0 Å². The Bertz CT molecular complexity index is 1000. The van der Waals surface area contributed by atoms with Crippen molar-refractivity contribution < 1.29 is 18.0 Å². The molecule has 1 atom stereocenters. The van der Waals surface area contributed by atoms with Crippen LogP contribution in [0.25, 0.3) is 0 Å². The minimum absolute atomic E-state index is 0.0677. The number of hydrogen-bond acceptors (Lipinski definition) is 5. The summed E-state index contributed by atoms with van der Waals surface area (Å²) in [5.41, 5.74) is 0.767. The van der Waals surface area contributed by atoms with Gasteiger partial charge in [-0.3, -0.25) is 9.59 Å². The van der Waals surface area contributed by atoms with E-state index in [0.29, 0.717) is 19.5 Å². The largest absolute Gasteiger partial charge is 0.350 e. The van der Waals surface area contributed by atoms with Crippen molar-refractivity contribution in [1.29, 1.82) is 0 Å². The number of hydrogen-bond donors (Lipinski definition) is 1. The third kappa shape index (κ3) is 5.08. The van der Waals surface area contributed by atoms with Gasteiger partial charge in [-0.2, -0.15) is 4.31 Å². The van der Waals surface area contributed by atoms with Gasteiger partial charge in [-0.1, -0.05) is 35.9 Å². The third-order valence-corrected chi connectivity index (χ3v) is 7.52. The van der Waals surface area contributed by atoms with Crippen LogP contribution in [-0.4, -0.2) is 60.9 Å². The molecular weight excluding hydrogens is 422 g/mol. The van der Waals surface area contributed by atoms with Gasteiger partial charge in [0.1, 0.15) is 5.54 Å². The summed E-state index contributed by atoms with van der Waals surface area (Å²) in [5.74, 6) is -0.729. The Labute approximate surface area is 181 Å². The SMILES string of the molecule is Cc1ccc(CNC(=O)C2(C)CN(S(C)(=O)=O)CC(=O)N2CCc2cccs2)cc1. The number of benzene rings is 1. The zero-order valence-electron chi connectivity index (χ0n) is 17.4. The van der Waals surface area contributed by atoms with E-state index in [1.54, 1.807) is 18.3 Å². The normalized spacial score (nSPS) is 20.4. The van der Waals surface area contributed by atoms with Crippen LogP contribution in [0.15, 0.2) is 41.8 Å². The van der Waals surface area contributed by atoms with Gasteiger partial charge in [0.25, 0.3) is 0 Å². The van der Waals surface area contributed by atoms with Crippen molar-refractivity contribution in [3.8, 4) is 0 Å². The number of rotatable bonds is 7. The van der Waals surface area contributed by atoms with Crippen LogP contribution in [0.2, 0.25) is 0 Å². The number of carbonyl (C=O) groups is 2. The lowest BCUT2D eigenvalue weighted by Crippen LogP contribution is -2.69. The number of sulfonamides is 1. The van der Waals surface area contributed by atoms with Crippen molar-refractivity contribution in [3.63, 3.8) is 0 Å². The van der Waals surface area contributed by atoms with Crippen LogP contribution < -0.4 is 5.32 Å². The van der Waals surface area contributed by atoms with E-state index in [1.807, 2.05) is 48.7 Å². The zero-order chi connectivity index (χ0) is 21.9. The second-order valence-electron chi connectivity index (χ2n) is 7.85. The van der Waals surface area contributed by atoms with Crippen LogP contribution in [0.4, 0.5) is 0 Å². The maximum atomic E-state index is 13.2. The van der Waals surface area contributed by atoms with Gasteiger partial charge in [-0.25, -0.2) is 8.42 Å². The lowest BCUT2D eigenvalue weighted by atomic mass is 9.95. The molecule has 1 N–H and O–H groups in total. The van der Waals surface area contributed by atoms with E-state index in [-0.39, 0.29) is 24.9 Å². The highest BCUT2D eigenvalue weighted by Crippen LogP contribution is 2.26. The van der Waals surface area contributed by atoms with E-state index in [1.165, 1.54) is 4.90 Å². The molecule has 1 aliphatic heterocycles. The first-order valence-corrected chi connectivity index (χ1v) is 12.4. The summed E-state index contributed by atoms with van der Waals surface area (Å²) < 4.78 is 25.3. The summed E-state index contributed by atoms with van der Waals surface area (Å²) in [6, 6.07) is 11.7. The lowest BCUT2D eigenvalue weighted by molar-refractivity contribution is -0.152. The smallest absolute Gasteiger partial charge is 0.247 e. The molecule has 1 aromatic heterocycles. The van der Waals surface area contributed by atoms with Gasteiger partial charge in [0.15, 0.2) is 0 Å². The predicted octanol–water partition coefficient (Wildman–Crippen LogP) is 1.78. The van der Waals surface area contributed by atoms with E-state index in [9.17, 15) is 18.0 Å². The van der Waals surface area contributed by atoms with Crippen LogP contribution in [0, 0.1) is 6.92 Å². The van der Waals surface area contributed by atoms with Crippen molar-refractivity contribution in [2.75, 3.05) is 25.9 Å². The highest BCUT2D eigenvalue weighted by atomic mass is 32.2. The van der Waals surface area contributed by atoms with Crippen LogP contribution >= 0.6 is 11.3 Å². The summed E-state index contributed by atoms with van der Waals surface area (Å²) in [6.45, 7) is 3.97.